The van der Waals surface area contributed by atoms with Crippen LogP contribution in [-0.2, 0) is 0 Å². The molecule has 0 radical (unpaired) electrons. The van der Waals surface area contributed by atoms with Gasteiger partial charge in [-0.2, -0.15) is 0 Å². The van der Waals surface area contributed by atoms with Crippen molar-refractivity contribution in [1.82, 2.24) is 9.97 Å². The van der Waals surface area contributed by atoms with Crippen molar-refractivity contribution in [2.45, 2.75) is 26.3 Å². The molecule has 0 aliphatic rings. The molecule has 0 amide bonds. The van der Waals surface area contributed by atoms with Crippen molar-refractivity contribution in [3.8, 4) is 0 Å². The molecule has 0 aromatic carbocycles. The molecule has 1 aromatic rings. The molecular weight excluding hydrogens is 180 g/mol. The molecule has 0 saturated heterocycles. The number of hydrogen-bond acceptors (Lipinski definition) is 4. The highest BCUT2D eigenvalue weighted by atomic mass is 16.1. The molecule has 0 fully saturated rings. The molecule has 2 atom stereocenters. The van der Waals surface area contributed by atoms with Crippen LogP contribution in [0.1, 0.15) is 32.0 Å². The molecule has 1 heterocycles. The average molecular weight is 196 g/mol. The summed E-state index contributed by atoms with van der Waals surface area (Å²) in [5.74, 6) is 0.398. The van der Waals surface area contributed by atoms with Crippen molar-refractivity contribution in [3.05, 3.63) is 22.1 Å². The summed E-state index contributed by atoms with van der Waals surface area (Å²) in [5.41, 5.74) is 11.6. The van der Waals surface area contributed by atoms with E-state index in [4.69, 9.17) is 11.5 Å². The van der Waals surface area contributed by atoms with Crippen LogP contribution in [0.2, 0.25) is 0 Å². The summed E-state index contributed by atoms with van der Waals surface area (Å²) in [7, 11) is 0. The number of nitrogens with zero attached hydrogens (tertiary/aromatic N) is 1. The van der Waals surface area contributed by atoms with Crippen LogP contribution < -0.4 is 17.0 Å². The molecule has 0 bridgehead atoms. The fourth-order valence-electron chi connectivity index (χ4n) is 1.21. The van der Waals surface area contributed by atoms with Crippen LogP contribution >= 0.6 is 0 Å². The highest BCUT2D eigenvalue weighted by Crippen LogP contribution is 2.18. The van der Waals surface area contributed by atoms with E-state index in [1.54, 1.807) is 0 Å². The van der Waals surface area contributed by atoms with Crippen LogP contribution in [0.5, 0.6) is 0 Å². The maximum atomic E-state index is 11.1. The number of H-pyrrole nitrogens is 1. The van der Waals surface area contributed by atoms with Gasteiger partial charge in [-0.05, 0) is 5.92 Å². The standard InChI is InChI=1S/C9H16N4O/c1-3-5(2)8(10)6-4-7(14)13-9(11)12-6/h4-5,8H,3,10H2,1-2H3,(H3,11,12,13,14)/t5-,8-/m0/s1. The summed E-state index contributed by atoms with van der Waals surface area (Å²) in [4.78, 5) is 17.5. The highest BCUT2D eigenvalue weighted by Gasteiger charge is 2.15. The van der Waals surface area contributed by atoms with Gasteiger partial charge in [0.2, 0.25) is 5.95 Å². The van der Waals surface area contributed by atoms with Crippen molar-refractivity contribution >= 4 is 5.95 Å². The second kappa shape index (κ2) is 4.23. The van der Waals surface area contributed by atoms with Gasteiger partial charge >= 0.3 is 0 Å². The van der Waals surface area contributed by atoms with E-state index in [2.05, 4.69) is 9.97 Å². The predicted octanol–water partition coefficient (Wildman–Crippen LogP) is 0.398. The number of nitrogen functional groups attached to an aromatic ring is 1. The molecule has 0 aliphatic heterocycles. The van der Waals surface area contributed by atoms with Crippen molar-refractivity contribution in [3.63, 3.8) is 0 Å². The topological polar surface area (TPSA) is 97.8 Å². The summed E-state index contributed by atoms with van der Waals surface area (Å²) in [6, 6.07) is 1.16. The predicted molar refractivity (Wildman–Crippen MR) is 55.7 cm³/mol. The van der Waals surface area contributed by atoms with Crippen molar-refractivity contribution < 1.29 is 0 Å². The van der Waals surface area contributed by atoms with Crippen molar-refractivity contribution in [2.75, 3.05) is 5.73 Å². The van der Waals surface area contributed by atoms with Gasteiger partial charge in [-0.1, -0.05) is 20.3 Å². The first-order valence-corrected chi connectivity index (χ1v) is 4.67. The number of anilines is 1. The van der Waals surface area contributed by atoms with Crippen molar-refractivity contribution in [2.24, 2.45) is 11.7 Å². The lowest BCUT2D eigenvalue weighted by atomic mass is 9.97. The minimum atomic E-state index is -0.258. The second-order valence-electron chi connectivity index (χ2n) is 3.47. The number of hydrogen-bond donors (Lipinski definition) is 3. The van der Waals surface area contributed by atoms with Crippen LogP contribution in [-0.4, -0.2) is 9.97 Å². The van der Waals surface area contributed by atoms with Gasteiger partial charge in [-0.15, -0.1) is 0 Å². The third-order valence-corrected chi connectivity index (χ3v) is 2.38. The number of nitrogens with one attached hydrogen (secondary N) is 1. The molecule has 0 spiro atoms. The van der Waals surface area contributed by atoms with Gasteiger partial charge in [-0.3, -0.25) is 9.78 Å². The Morgan fingerprint density at radius 1 is 1.64 bits per heavy atom. The first kappa shape index (κ1) is 10.7. The van der Waals surface area contributed by atoms with E-state index in [0.29, 0.717) is 5.69 Å². The molecule has 5 nitrogen and oxygen atoms in total. The maximum Gasteiger partial charge on any atom is 0.252 e. The Morgan fingerprint density at radius 3 is 2.79 bits per heavy atom. The van der Waals surface area contributed by atoms with Gasteiger partial charge in [0, 0.05) is 12.1 Å². The Bertz CT molecular complexity index is 360. The molecule has 78 valence electrons. The van der Waals surface area contributed by atoms with E-state index >= 15 is 0 Å². The first-order chi connectivity index (χ1) is 6.54. The molecule has 5 heteroatoms. The van der Waals surface area contributed by atoms with E-state index in [1.165, 1.54) is 6.07 Å². The Balaban J connectivity index is 3.00. The molecule has 0 aliphatic carbocycles. The molecule has 1 rings (SSSR count). The number of rotatable bonds is 3. The fourth-order valence-corrected chi connectivity index (χ4v) is 1.21. The minimum absolute atomic E-state index is 0.117. The second-order valence-corrected chi connectivity index (χ2v) is 3.47. The Kier molecular flexibility index (Phi) is 3.24. The van der Waals surface area contributed by atoms with Gasteiger partial charge in [0.05, 0.1) is 5.69 Å². The van der Waals surface area contributed by atoms with Crippen LogP contribution in [0.15, 0.2) is 10.9 Å². The zero-order valence-electron chi connectivity index (χ0n) is 8.45. The number of aromatic amines is 1. The molecular formula is C9H16N4O. The summed E-state index contributed by atoms with van der Waals surface area (Å²) in [6.45, 7) is 4.06. The van der Waals surface area contributed by atoms with E-state index in [-0.39, 0.29) is 23.5 Å². The van der Waals surface area contributed by atoms with Gasteiger partial charge in [0.1, 0.15) is 0 Å². The average Bonchev–Trinajstić information content (AvgIpc) is 2.14. The van der Waals surface area contributed by atoms with Crippen LogP contribution in [0.25, 0.3) is 0 Å². The van der Waals surface area contributed by atoms with Crippen molar-refractivity contribution in [1.29, 1.82) is 0 Å². The van der Waals surface area contributed by atoms with E-state index in [9.17, 15) is 4.79 Å². The van der Waals surface area contributed by atoms with Crippen LogP contribution in [0.4, 0.5) is 5.95 Å². The third-order valence-electron chi connectivity index (χ3n) is 2.38. The quantitative estimate of drug-likeness (QED) is 0.651. The smallest absolute Gasteiger partial charge is 0.252 e. The molecule has 1 aromatic heterocycles. The molecule has 14 heavy (non-hydrogen) atoms. The Morgan fingerprint density at radius 2 is 2.29 bits per heavy atom. The lowest BCUT2D eigenvalue weighted by Crippen LogP contribution is -2.23. The summed E-state index contributed by atoms with van der Waals surface area (Å²) < 4.78 is 0. The monoisotopic (exact) mass is 196 g/mol. The lowest BCUT2D eigenvalue weighted by molar-refractivity contribution is 0.448. The summed E-state index contributed by atoms with van der Waals surface area (Å²) >= 11 is 0. The van der Waals surface area contributed by atoms with E-state index in [1.807, 2.05) is 13.8 Å². The first-order valence-electron chi connectivity index (χ1n) is 4.67. The Hall–Kier alpha value is -1.36. The van der Waals surface area contributed by atoms with Crippen LogP contribution in [0.3, 0.4) is 0 Å². The maximum absolute atomic E-state index is 11.1. The van der Waals surface area contributed by atoms with E-state index < -0.39 is 0 Å². The van der Waals surface area contributed by atoms with Gasteiger partial charge in [0.15, 0.2) is 0 Å². The zero-order valence-corrected chi connectivity index (χ0v) is 8.45. The fraction of sp³-hybridized carbons (Fsp3) is 0.556. The zero-order chi connectivity index (χ0) is 10.7. The minimum Gasteiger partial charge on any atom is -0.369 e. The van der Waals surface area contributed by atoms with E-state index in [0.717, 1.165) is 6.42 Å². The molecule has 0 unspecified atom stereocenters. The number of aromatic nitrogens is 2. The molecule has 5 N–H and O–H groups in total. The summed E-state index contributed by atoms with van der Waals surface area (Å²) in [5, 5.41) is 0. The van der Waals surface area contributed by atoms with Crippen LogP contribution in [0, 0.1) is 5.92 Å². The molecule has 0 saturated carbocycles. The largest absolute Gasteiger partial charge is 0.369 e. The van der Waals surface area contributed by atoms with Gasteiger partial charge in [0.25, 0.3) is 5.56 Å². The Labute approximate surface area is 82.5 Å². The van der Waals surface area contributed by atoms with Gasteiger partial charge in [-0.25, -0.2) is 4.98 Å². The lowest BCUT2D eigenvalue weighted by Gasteiger charge is -2.17. The highest BCUT2D eigenvalue weighted by molar-refractivity contribution is 5.19. The normalized spacial score (nSPS) is 15.1. The number of nitrogens with two attached hydrogens (primary N) is 2. The summed E-state index contributed by atoms with van der Waals surface area (Å²) in [6.07, 6.45) is 0.940. The van der Waals surface area contributed by atoms with Gasteiger partial charge < -0.3 is 11.5 Å². The third kappa shape index (κ3) is 2.32. The SMILES string of the molecule is CC[C@H](C)[C@H](N)c1cc(=O)[nH]c(N)n1.